The van der Waals surface area contributed by atoms with Crippen molar-refractivity contribution in [1.29, 1.82) is 0 Å². The Morgan fingerprint density at radius 1 is 1.24 bits per heavy atom. The molecule has 1 fully saturated rings. The molecule has 0 radical (unpaired) electrons. The number of hydrogen-bond donors (Lipinski definition) is 1. The van der Waals surface area contributed by atoms with Crippen molar-refractivity contribution in [3.8, 4) is 5.69 Å². The van der Waals surface area contributed by atoms with E-state index < -0.39 is 0 Å². The molecule has 1 aliphatic rings. The summed E-state index contributed by atoms with van der Waals surface area (Å²) in [6.45, 7) is 5.08. The summed E-state index contributed by atoms with van der Waals surface area (Å²) in [6, 6.07) is 7.35. The van der Waals surface area contributed by atoms with Crippen LogP contribution in [0.4, 0.5) is 0 Å². The third-order valence-corrected chi connectivity index (χ3v) is 4.29. The van der Waals surface area contributed by atoms with Crippen LogP contribution in [0.25, 0.3) is 5.69 Å². The fourth-order valence-electron chi connectivity index (χ4n) is 2.99. The zero-order valence-corrected chi connectivity index (χ0v) is 14.4. The van der Waals surface area contributed by atoms with Crippen molar-refractivity contribution >= 4 is 11.8 Å². The van der Waals surface area contributed by atoms with Crippen LogP contribution in [0.3, 0.4) is 0 Å². The van der Waals surface area contributed by atoms with Gasteiger partial charge >= 0.3 is 0 Å². The van der Waals surface area contributed by atoms with E-state index in [1.807, 2.05) is 26.0 Å². The molecule has 0 unspecified atom stereocenters. The number of carbonyl (C=O) groups is 2. The van der Waals surface area contributed by atoms with E-state index in [0.717, 1.165) is 5.69 Å². The molecule has 2 heterocycles. The van der Waals surface area contributed by atoms with Crippen molar-refractivity contribution in [2.24, 2.45) is 5.92 Å². The number of benzene rings is 1. The van der Waals surface area contributed by atoms with Crippen molar-refractivity contribution in [3.05, 3.63) is 36.2 Å². The maximum atomic E-state index is 12.7. The molecule has 0 saturated carbocycles. The SMILES string of the molecule is CC(C)NC(=O)C1CCN(C(=O)c2cccc(-n3cnnn3)c2)CC1. The van der Waals surface area contributed by atoms with E-state index in [1.165, 1.54) is 11.0 Å². The Labute approximate surface area is 146 Å². The summed E-state index contributed by atoms with van der Waals surface area (Å²) >= 11 is 0. The minimum Gasteiger partial charge on any atom is -0.354 e. The lowest BCUT2D eigenvalue weighted by molar-refractivity contribution is -0.126. The van der Waals surface area contributed by atoms with Gasteiger partial charge in [-0.15, -0.1) is 5.10 Å². The van der Waals surface area contributed by atoms with Gasteiger partial charge in [-0.2, -0.15) is 0 Å². The fraction of sp³-hybridized carbons (Fsp3) is 0.471. The molecule has 1 aromatic heterocycles. The zero-order valence-electron chi connectivity index (χ0n) is 14.4. The normalized spacial score (nSPS) is 15.4. The molecule has 8 heteroatoms. The van der Waals surface area contributed by atoms with Gasteiger partial charge in [0.05, 0.1) is 5.69 Å². The lowest BCUT2D eigenvalue weighted by atomic mass is 9.95. The highest BCUT2D eigenvalue weighted by atomic mass is 16.2. The molecular weight excluding hydrogens is 320 g/mol. The number of tetrazole rings is 1. The first-order valence-electron chi connectivity index (χ1n) is 8.47. The van der Waals surface area contributed by atoms with Gasteiger partial charge < -0.3 is 10.2 Å². The molecule has 1 aromatic carbocycles. The Morgan fingerprint density at radius 2 is 2.00 bits per heavy atom. The number of hydrogen-bond acceptors (Lipinski definition) is 5. The van der Waals surface area contributed by atoms with Crippen LogP contribution in [-0.4, -0.2) is 56.1 Å². The maximum absolute atomic E-state index is 12.7. The molecule has 1 saturated heterocycles. The Bertz CT molecular complexity index is 735. The van der Waals surface area contributed by atoms with Crippen LogP contribution in [-0.2, 0) is 4.79 Å². The highest BCUT2D eigenvalue weighted by molar-refractivity contribution is 5.95. The molecular formula is C17H22N6O2. The summed E-state index contributed by atoms with van der Waals surface area (Å²) < 4.78 is 1.51. The van der Waals surface area contributed by atoms with E-state index in [0.29, 0.717) is 31.5 Å². The van der Waals surface area contributed by atoms with Crippen LogP contribution in [0.5, 0.6) is 0 Å². The second-order valence-corrected chi connectivity index (χ2v) is 6.53. The molecule has 0 atom stereocenters. The lowest BCUT2D eigenvalue weighted by Crippen LogP contribution is -2.44. The van der Waals surface area contributed by atoms with Gasteiger partial charge in [0.15, 0.2) is 0 Å². The summed E-state index contributed by atoms with van der Waals surface area (Å²) in [5, 5.41) is 14.0. The van der Waals surface area contributed by atoms with Crippen molar-refractivity contribution < 1.29 is 9.59 Å². The largest absolute Gasteiger partial charge is 0.354 e. The Hall–Kier alpha value is -2.77. The number of carbonyl (C=O) groups excluding carboxylic acids is 2. The van der Waals surface area contributed by atoms with E-state index in [1.54, 1.807) is 17.0 Å². The first-order valence-corrected chi connectivity index (χ1v) is 8.47. The van der Waals surface area contributed by atoms with Crippen molar-refractivity contribution in [2.75, 3.05) is 13.1 Å². The predicted molar refractivity (Wildman–Crippen MR) is 91.1 cm³/mol. The van der Waals surface area contributed by atoms with Crippen molar-refractivity contribution in [1.82, 2.24) is 30.4 Å². The second kappa shape index (κ2) is 7.42. The molecule has 132 valence electrons. The van der Waals surface area contributed by atoms with Crippen LogP contribution in [0.15, 0.2) is 30.6 Å². The molecule has 25 heavy (non-hydrogen) atoms. The number of piperidine rings is 1. The van der Waals surface area contributed by atoms with Crippen molar-refractivity contribution in [2.45, 2.75) is 32.7 Å². The number of nitrogens with one attached hydrogen (secondary N) is 1. The van der Waals surface area contributed by atoms with Crippen molar-refractivity contribution in [3.63, 3.8) is 0 Å². The van der Waals surface area contributed by atoms with Gasteiger partial charge in [-0.3, -0.25) is 9.59 Å². The summed E-state index contributed by atoms with van der Waals surface area (Å²) in [4.78, 5) is 26.6. The van der Waals surface area contributed by atoms with Gasteiger partial charge in [-0.25, -0.2) is 4.68 Å². The van der Waals surface area contributed by atoms with E-state index in [4.69, 9.17) is 0 Å². The van der Waals surface area contributed by atoms with E-state index >= 15 is 0 Å². The first-order chi connectivity index (χ1) is 12.0. The van der Waals surface area contributed by atoms with Crippen LogP contribution in [0.2, 0.25) is 0 Å². The minimum atomic E-state index is -0.0300. The van der Waals surface area contributed by atoms with Gasteiger partial charge in [0, 0.05) is 30.6 Å². The molecule has 0 aliphatic carbocycles. The molecule has 3 rings (SSSR count). The average molecular weight is 342 g/mol. The molecule has 1 aliphatic heterocycles. The van der Waals surface area contributed by atoms with Gasteiger partial charge in [-0.05, 0) is 55.3 Å². The van der Waals surface area contributed by atoms with Gasteiger partial charge in [0.25, 0.3) is 5.91 Å². The average Bonchev–Trinajstić information content (AvgIpc) is 3.15. The van der Waals surface area contributed by atoms with Crippen LogP contribution >= 0.6 is 0 Å². The summed E-state index contributed by atoms with van der Waals surface area (Å²) in [7, 11) is 0. The standard InChI is InChI=1S/C17H22N6O2/c1-12(2)19-16(24)13-6-8-22(9-7-13)17(25)14-4-3-5-15(10-14)23-11-18-20-21-23/h3-5,10-13H,6-9H2,1-2H3,(H,19,24). The van der Waals surface area contributed by atoms with E-state index in [-0.39, 0.29) is 23.8 Å². The topological polar surface area (TPSA) is 93.0 Å². The second-order valence-electron chi connectivity index (χ2n) is 6.53. The van der Waals surface area contributed by atoms with Gasteiger partial charge in [-0.1, -0.05) is 6.07 Å². The highest BCUT2D eigenvalue weighted by Crippen LogP contribution is 2.20. The van der Waals surface area contributed by atoms with Crippen LogP contribution < -0.4 is 5.32 Å². The smallest absolute Gasteiger partial charge is 0.253 e. The molecule has 2 amide bonds. The first kappa shape index (κ1) is 17.1. The number of rotatable bonds is 4. The summed E-state index contributed by atoms with van der Waals surface area (Å²) in [5.41, 5.74) is 1.33. The van der Waals surface area contributed by atoms with Crippen LogP contribution in [0, 0.1) is 5.92 Å². The van der Waals surface area contributed by atoms with E-state index in [9.17, 15) is 9.59 Å². The third-order valence-electron chi connectivity index (χ3n) is 4.29. The number of likely N-dealkylation sites (tertiary alicyclic amines) is 1. The maximum Gasteiger partial charge on any atom is 0.253 e. The molecule has 2 aromatic rings. The lowest BCUT2D eigenvalue weighted by Gasteiger charge is -2.31. The third kappa shape index (κ3) is 4.01. The van der Waals surface area contributed by atoms with E-state index in [2.05, 4.69) is 20.8 Å². The summed E-state index contributed by atoms with van der Waals surface area (Å²) in [5.74, 6) is 0.0411. The van der Waals surface area contributed by atoms with Crippen LogP contribution in [0.1, 0.15) is 37.0 Å². The number of aromatic nitrogens is 4. The monoisotopic (exact) mass is 342 g/mol. The molecule has 0 bridgehead atoms. The fourth-order valence-corrected chi connectivity index (χ4v) is 2.99. The molecule has 8 nitrogen and oxygen atoms in total. The Balaban J connectivity index is 1.63. The zero-order chi connectivity index (χ0) is 17.8. The Kier molecular flexibility index (Phi) is 5.06. The minimum absolute atomic E-state index is 0.0148. The summed E-state index contributed by atoms with van der Waals surface area (Å²) in [6.07, 6.45) is 2.87. The number of nitrogens with zero attached hydrogens (tertiary/aromatic N) is 5. The number of amides is 2. The highest BCUT2D eigenvalue weighted by Gasteiger charge is 2.28. The Morgan fingerprint density at radius 3 is 2.64 bits per heavy atom. The van der Waals surface area contributed by atoms with Gasteiger partial charge in [0.1, 0.15) is 6.33 Å². The molecule has 0 spiro atoms. The quantitative estimate of drug-likeness (QED) is 0.896. The predicted octanol–water partition coefficient (Wildman–Crippen LogP) is 1.04. The molecule has 1 N–H and O–H groups in total. The van der Waals surface area contributed by atoms with Gasteiger partial charge in [0.2, 0.25) is 5.91 Å².